The molecule has 0 bridgehead atoms. The Morgan fingerprint density at radius 1 is 1.15 bits per heavy atom. The van der Waals surface area contributed by atoms with Crippen LogP contribution in [0.2, 0.25) is 0 Å². The van der Waals surface area contributed by atoms with Crippen LogP contribution in [-0.2, 0) is 0 Å². The fraction of sp³-hybridized carbons (Fsp3) is 0.118. The van der Waals surface area contributed by atoms with Gasteiger partial charge in [0.1, 0.15) is 5.75 Å². The second-order valence-electron chi connectivity index (χ2n) is 4.68. The topological polar surface area (TPSA) is 44.0 Å². The number of phenols is 1. The molecule has 0 aliphatic heterocycles. The molecule has 0 saturated heterocycles. The normalized spacial score (nSPS) is 11.2. The highest BCUT2D eigenvalue weighted by Crippen LogP contribution is 2.26. The average molecular weight is 328 g/mol. The minimum absolute atomic E-state index is 0.310. The number of allylic oxidation sites excluding steroid dienone is 1. The SMILES string of the molecule is Cc1cc(C=C(C#N)c2ccc(Br)cc2)cc(C)c1O. The van der Waals surface area contributed by atoms with Gasteiger partial charge in [-0.05, 0) is 66.4 Å². The van der Waals surface area contributed by atoms with Crippen molar-refractivity contribution >= 4 is 27.6 Å². The number of aryl methyl sites for hydroxylation is 2. The Morgan fingerprint density at radius 2 is 1.70 bits per heavy atom. The number of nitrogens with zero attached hydrogens (tertiary/aromatic N) is 1. The highest BCUT2D eigenvalue weighted by molar-refractivity contribution is 9.10. The maximum absolute atomic E-state index is 9.78. The van der Waals surface area contributed by atoms with Gasteiger partial charge in [0.05, 0.1) is 11.6 Å². The van der Waals surface area contributed by atoms with E-state index in [1.807, 2.05) is 56.3 Å². The first-order chi connectivity index (χ1) is 9.51. The van der Waals surface area contributed by atoms with E-state index in [1.165, 1.54) is 0 Å². The van der Waals surface area contributed by atoms with E-state index in [0.717, 1.165) is 26.7 Å². The van der Waals surface area contributed by atoms with Crippen LogP contribution in [0.25, 0.3) is 11.6 Å². The number of halogens is 1. The van der Waals surface area contributed by atoms with Crippen molar-refractivity contribution in [3.63, 3.8) is 0 Å². The van der Waals surface area contributed by atoms with Crippen molar-refractivity contribution in [1.82, 2.24) is 0 Å². The fourth-order valence-electron chi connectivity index (χ4n) is 2.05. The van der Waals surface area contributed by atoms with Crippen molar-refractivity contribution in [2.75, 3.05) is 0 Å². The number of phenolic OH excluding ortho intramolecular Hbond substituents is 1. The summed E-state index contributed by atoms with van der Waals surface area (Å²) in [6.07, 6.45) is 1.84. The van der Waals surface area contributed by atoms with Gasteiger partial charge in [-0.25, -0.2) is 0 Å². The maximum Gasteiger partial charge on any atom is 0.121 e. The Morgan fingerprint density at radius 3 is 2.20 bits per heavy atom. The van der Waals surface area contributed by atoms with Gasteiger partial charge < -0.3 is 5.11 Å². The van der Waals surface area contributed by atoms with Crippen LogP contribution in [-0.4, -0.2) is 5.11 Å². The summed E-state index contributed by atoms with van der Waals surface area (Å²) in [4.78, 5) is 0. The second-order valence-corrected chi connectivity index (χ2v) is 5.60. The lowest BCUT2D eigenvalue weighted by atomic mass is 10.0. The molecule has 0 aliphatic carbocycles. The van der Waals surface area contributed by atoms with Crippen molar-refractivity contribution in [1.29, 1.82) is 5.26 Å². The molecule has 2 aromatic carbocycles. The summed E-state index contributed by atoms with van der Waals surface area (Å²) in [6.45, 7) is 3.71. The monoisotopic (exact) mass is 327 g/mol. The molecule has 2 rings (SSSR count). The Hall–Kier alpha value is -2.05. The lowest BCUT2D eigenvalue weighted by Crippen LogP contribution is -1.86. The average Bonchev–Trinajstić information content (AvgIpc) is 2.43. The minimum Gasteiger partial charge on any atom is -0.507 e. The van der Waals surface area contributed by atoms with Crippen LogP contribution in [0.15, 0.2) is 40.9 Å². The highest BCUT2D eigenvalue weighted by Gasteiger charge is 2.05. The third kappa shape index (κ3) is 3.09. The molecule has 0 saturated carbocycles. The molecular weight excluding hydrogens is 314 g/mol. The molecule has 3 heteroatoms. The van der Waals surface area contributed by atoms with Gasteiger partial charge >= 0.3 is 0 Å². The molecule has 0 aromatic heterocycles. The first kappa shape index (κ1) is 14.4. The van der Waals surface area contributed by atoms with Gasteiger partial charge in [-0.1, -0.05) is 28.1 Å². The number of hydrogen-bond donors (Lipinski definition) is 1. The zero-order valence-corrected chi connectivity index (χ0v) is 12.9. The summed E-state index contributed by atoms with van der Waals surface area (Å²) in [5, 5.41) is 19.1. The van der Waals surface area contributed by atoms with Crippen molar-refractivity contribution in [2.45, 2.75) is 13.8 Å². The lowest BCUT2D eigenvalue weighted by molar-refractivity contribution is 0.467. The summed E-state index contributed by atoms with van der Waals surface area (Å²) in [5.41, 5.74) is 4.01. The zero-order chi connectivity index (χ0) is 14.7. The standard InChI is InChI=1S/C17H14BrNO/c1-11-7-13(8-12(2)17(11)20)9-15(10-19)14-3-5-16(18)6-4-14/h3-9,20H,1-2H3. The molecule has 0 fully saturated rings. The summed E-state index contributed by atoms with van der Waals surface area (Å²) in [5.74, 6) is 0.310. The minimum atomic E-state index is 0.310. The molecule has 0 aliphatic rings. The molecule has 2 nitrogen and oxygen atoms in total. The van der Waals surface area contributed by atoms with Gasteiger partial charge in [-0.15, -0.1) is 0 Å². The largest absolute Gasteiger partial charge is 0.507 e. The van der Waals surface area contributed by atoms with Crippen LogP contribution in [0.1, 0.15) is 22.3 Å². The molecule has 100 valence electrons. The third-order valence-electron chi connectivity index (χ3n) is 3.10. The predicted molar refractivity (Wildman–Crippen MR) is 85.2 cm³/mol. The zero-order valence-electron chi connectivity index (χ0n) is 11.3. The van der Waals surface area contributed by atoms with Crippen molar-refractivity contribution < 1.29 is 5.11 Å². The van der Waals surface area contributed by atoms with E-state index < -0.39 is 0 Å². The van der Waals surface area contributed by atoms with E-state index in [-0.39, 0.29) is 0 Å². The molecular formula is C17H14BrNO. The van der Waals surface area contributed by atoms with Gasteiger partial charge in [-0.3, -0.25) is 0 Å². The molecule has 0 radical (unpaired) electrons. The molecule has 20 heavy (non-hydrogen) atoms. The number of rotatable bonds is 2. The van der Waals surface area contributed by atoms with Gasteiger partial charge in [0.15, 0.2) is 0 Å². The third-order valence-corrected chi connectivity index (χ3v) is 3.63. The van der Waals surface area contributed by atoms with Crippen LogP contribution in [0.3, 0.4) is 0 Å². The summed E-state index contributed by atoms with van der Waals surface area (Å²) in [6, 6.07) is 13.6. The number of hydrogen-bond acceptors (Lipinski definition) is 2. The highest BCUT2D eigenvalue weighted by atomic mass is 79.9. The molecule has 1 N–H and O–H groups in total. The quantitative estimate of drug-likeness (QED) is 0.633. The van der Waals surface area contributed by atoms with E-state index in [4.69, 9.17) is 0 Å². The van der Waals surface area contributed by atoms with Crippen molar-refractivity contribution in [3.8, 4) is 11.8 Å². The summed E-state index contributed by atoms with van der Waals surface area (Å²) in [7, 11) is 0. The van der Waals surface area contributed by atoms with Gasteiger partial charge in [0.2, 0.25) is 0 Å². The van der Waals surface area contributed by atoms with Crippen LogP contribution in [0.4, 0.5) is 0 Å². The molecule has 0 unspecified atom stereocenters. The van der Waals surface area contributed by atoms with Crippen molar-refractivity contribution in [2.24, 2.45) is 0 Å². The predicted octanol–water partition coefficient (Wildman–Crippen LogP) is 4.84. The van der Waals surface area contributed by atoms with Gasteiger partial charge in [-0.2, -0.15) is 5.26 Å². The van der Waals surface area contributed by atoms with Crippen molar-refractivity contribution in [3.05, 3.63) is 63.1 Å². The molecule has 0 heterocycles. The van der Waals surface area contributed by atoms with E-state index >= 15 is 0 Å². The molecule has 0 amide bonds. The number of benzene rings is 2. The summed E-state index contributed by atoms with van der Waals surface area (Å²) < 4.78 is 0.981. The smallest absolute Gasteiger partial charge is 0.121 e. The van der Waals surface area contributed by atoms with Crippen LogP contribution in [0, 0.1) is 25.2 Å². The second kappa shape index (κ2) is 5.94. The fourth-order valence-corrected chi connectivity index (χ4v) is 2.31. The number of aromatic hydroxyl groups is 1. The Balaban J connectivity index is 2.47. The first-order valence-corrected chi connectivity index (χ1v) is 6.98. The van der Waals surface area contributed by atoms with E-state index in [0.29, 0.717) is 11.3 Å². The van der Waals surface area contributed by atoms with E-state index in [9.17, 15) is 10.4 Å². The Bertz CT molecular complexity index is 686. The van der Waals surface area contributed by atoms with E-state index in [1.54, 1.807) is 0 Å². The van der Waals surface area contributed by atoms with Gasteiger partial charge in [0, 0.05) is 4.47 Å². The first-order valence-electron chi connectivity index (χ1n) is 6.19. The van der Waals surface area contributed by atoms with Crippen LogP contribution >= 0.6 is 15.9 Å². The Labute approximate surface area is 127 Å². The molecule has 2 aromatic rings. The Kier molecular flexibility index (Phi) is 4.26. The molecule has 0 spiro atoms. The number of nitriles is 1. The lowest BCUT2D eigenvalue weighted by Gasteiger charge is -2.06. The van der Waals surface area contributed by atoms with Gasteiger partial charge in [0.25, 0.3) is 0 Å². The molecule has 0 atom stereocenters. The summed E-state index contributed by atoms with van der Waals surface area (Å²) >= 11 is 3.38. The van der Waals surface area contributed by atoms with Crippen LogP contribution < -0.4 is 0 Å². The van der Waals surface area contributed by atoms with E-state index in [2.05, 4.69) is 22.0 Å². The van der Waals surface area contributed by atoms with Crippen LogP contribution in [0.5, 0.6) is 5.75 Å². The maximum atomic E-state index is 9.78.